The van der Waals surface area contributed by atoms with Crippen LogP contribution in [0.15, 0.2) is 146 Å². The first-order valence-corrected chi connectivity index (χ1v) is 13.6. The molecule has 40 heavy (non-hydrogen) atoms. The minimum absolute atomic E-state index is 1.14. The maximum absolute atomic E-state index is 4.37. The third-order valence-corrected chi connectivity index (χ3v) is 8.06. The van der Waals surface area contributed by atoms with Crippen molar-refractivity contribution in [2.75, 3.05) is 0 Å². The summed E-state index contributed by atoms with van der Waals surface area (Å²) < 4.78 is 0. The number of aromatic nitrogens is 2. The lowest BCUT2D eigenvalue weighted by molar-refractivity contribution is 1.33. The van der Waals surface area contributed by atoms with Crippen LogP contribution in [0.5, 0.6) is 0 Å². The molecule has 8 rings (SSSR count). The van der Waals surface area contributed by atoms with E-state index in [-0.39, 0.29) is 0 Å². The minimum atomic E-state index is 1.14. The molecule has 0 bridgehead atoms. The molecule has 2 heteroatoms. The summed E-state index contributed by atoms with van der Waals surface area (Å²) in [6.45, 7) is 0. The molecule has 0 spiro atoms. The van der Waals surface area contributed by atoms with Crippen molar-refractivity contribution < 1.29 is 0 Å². The highest BCUT2D eigenvalue weighted by Crippen LogP contribution is 2.42. The number of hydrogen-bond acceptors (Lipinski definition) is 2. The molecule has 2 nitrogen and oxygen atoms in total. The van der Waals surface area contributed by atoms with Gasteiger partial charge in [0, 0.05) is 30.4 Å². The van der Waals surface area contributed by atoms with Crippen molar-refractivity contribution in [2.45, 2.75) is 0 Å². The first-order valence-electron chi connectivity index (χ1n) is 13.6. The van der Waals surface area contributed by atoms with Gasteiger partial charge >= 0.3 is 0 Å². The predicted octanol–water partition coefficient (Wildman–Crippen LogP) is 10.0. The molecule has 0 unspecified atom stereocenters. The lowest BCUT2D eigenvalue weighted by Gasteiger charge is -2.16. The summed E-state index contributed by atoms with van der Waals surface area (Å²) >= 11 is 0. The van der Waals surface area contributed by atoms with E-state index >= 15 is 0 Å². The Morgan fingerprint density at radius 1 is 0.325 bits per heavy atom. The molecule has 0 atom stereocenters. The van der Waals surface area contributed by atoms with Crippen molar-refractivity contribution in [2.24, 2.45) is 0 Å². The normalized spacial score (nSPS) is 11.5. The first-order chi connectivity index (χ1) is 19.8. The second-order valence-electron chi connectivity index (χ2n) is 10.3. The van der Waals surface area contributed by atoms with E-state index in [1.165, 1.54) is 71.3 Å². The Kier molecular flexibility index (Phi) is 5.17. The summed E-state index contributed by atoms with van der Waals surface area (Å²) in [6, 6.07) is 44.0. The molecule has 2 heterocycles. The average molecular weight is 509 g/mol. The van der Waals surface area contributed by atoms with E-state index in [2.05, 4.69) is 113 Å². The largest absolute Gasteiger partial charge is 0.265 e. The van der Waals surface area contributed by atoms with Crippen LogP contribution in [0, 0.1) is 0 Å². The van der Waals surface area contributed by atoms with Crippen LogP contribution < -0.4 is 0 Å². The average Bonchev–Trinajstić information content (AvgIpc) is 3.04. The molecule has 0 aliphatic rings. The Balaban J connectivity index is 1.22. The summed E-state index contributed by atoms with van der Waals surface area (Å²) in [7, 11) is 0. The first kappa shape index (κ1) is 22.6. The van der Waals surface area contributed by atoms with Gasteiger partial charge in [0.1, 0.15) is 0 Å². The molecule has 0 saturated heterocycles. The molecule has 2 aromatic heterocycles. The molecule has 8 aromatic rings. The van der Waals surface area contributed by atoms with Crippen molar-refractivity contribution >= 4 is 32.3 Å². The second-order valence-corrected chi connectivity index (χ2v) is 10.3. The van der Waals surface area contributed by atoms with Crippen LogP contribution in [0.25, 0.3) is 76.8 Å². The molecule has 0 amide bonds. The monoisotopic (exact) mass is 508 g/mol. The van der Waals surface area contributed by atoms with Crippen LogP contribution in [0.2, 0.25) is 0 Å². The Labute approximate surface area is 232 Å². The van der Waals surface area contributed by atoms with Gasteiger partial charge in [0.25, 0.3) is 0 Å². The highest BCUT2D eigenvalue weighted by atomic mass is 14.6. The number of nitrogens with zero attached hydrogens (tertiary/aromatic N) is 2. The van der Waals surface area contributed by atoms with Crippen molar-refractivity contribution in [3.8, 4) is 44.5 Å². The predicted molar refractivity (Wildman–Crippen MR) is 167 cm³/mol. The highest BCUT2D eigenvalue weighted by molar-refractivity contribution is 6.27. The van der Waals surface area contributed by atoms with E-state index in [1.807, 2.05) is 43.0 Å². The van der Waals surface area contributed by atoms with Gasteiger partial charge in [-0.05, 0) is 89.5 Å². The van der Waals surface area contributed by atoms with Gasteiger partial charge in [0.05, 0.1) is 0 Å². The van der Waals surface area contributed by atoms with Crippen LogP contribution in [0.3, 0.4) is 0 Å². The van der Waals surface area contributed by atoms with Gasteiger partial charge in [0.2, 0.25) is 0 Å². The number of benzene rings is 6. The fraction of sp³-hybridized carbons (Fsp3) is 0. The van der Waals surface area contributed by atoms with Crippen LogP contribution in [0.1, 0.15) is 0 Å². The molecule has 0 fully saturated rings. The smallest absolute Gasteiger partial charge is 0.0346 e. The van der Waals surface area contributed by atoms with E-state index in [4.69, 9.17) is 0 Å². The Hall–Kier alpha value is -5.34. The van der Waals surface area contributed by atoms with Crippen LogP contribution in [0.4, 0.5) is 0 Å². The van der Waals surface area contributed by atoms with E-state index in [0.717, 1.165) is 5.56 Å². The molecular weight excluding hydrogens is 484 g/mol. The Morgan fingerprint density at radius 3 is 1.32 bits per heavy atom. The number of pyridine rings is 2. The molecule has 0 aliphatic carbocycles. The molecule has 0 N–H and O–H groups in total. The standard InChI is InChI=1S/C38H24N2/c1-2-32(24-40-21-1)34-16-12-31-13-17-35-33(15-11-30-14-18-36(34)38(31)37(30)35)29-9-7-26(8-10-29)25-3-5-27(6-4-25)28-19-22-39-23-20-28/h1-24H. The van der Waals surface area contributed by atoms with Gasteiger partial charge < -0.3 is 0 Å². The summed E-state index contributed by atoms with van der Waals surface area (Å²) in [4.78, 5) is 8.49. The third-order valence-electron chi connectivity index (χ3n) is 8.06. The van der Waals surface area contributed by atoms with Crippen LogP contribution >= 0.6 is 0 Å². The lowest BCUT2D eigenvalue weighted by atomic mass is 9.87. The summed E-state index contributed by atoms with van der Waals surface area (Å²) in [5.41, 5.74) is 9.65. The lowest BCUT2D eigenvalue weighted by Crippen LogP contribution is -1.89. The van der Waals surface area contributed by atoms with Crippen LogP contribution in [-0.2, 0) is 0 Å². The van der Waals surface area contributed by atoms with Gasteiger partial charge in [-0.2, -0.15) is 0 Å². The SMILES string of the molecule is c1cncc(-c2ccc3ccc4c(-c5ccc(-c6ccc(-c7ccncc7)cc6)cc5)ccc5ccc2c3c54)c1. The second kappa shape index (κ2) is 9.14. The molecular formula is C38H24N2. The highest BCUT2D eigenvalue weighted by Gasteiger charge is 2.15. The van der Waals surface area contributed by atoms with Crippen molar-refractivity contribution in [1.82, 2.24) is 9.97 Å². The molecule has 186 valence electrons. The topological polar surface area (TPSA) is 25.8 Å². The molecule has 0 aliphatic heterocycles. The molecule has 0 radical (unpaired) electrons. The zero-order valence-corrected chi connectivity index (χ0v) is 21.8. The number of rotatable bonds is 4. The van der Waals surface area contributed by atoms with Gasteiger partial charge in [0.15, 0.2) is 0 Å². The van der Waals surface area contributed by atoms with E-state index in [0.29, 0.717) is 0 Å². The van der Waals surface area contributed by atoms with Gasteiger partial charge in [-0.1, -0.05) is 103 Å². The summed E-state index contributed by atoms with van der Waals surface area (Å²) in [6.07, 6.45) is 7.45. The number of hydrogen-bond donors (Lipinski definition) is 0. The zero-order valence-electron chi connectivity index (χ0n) is 21.8. The van der Waals surface area contributed by atoms with E-state index in [9.17, 15) is 0 Å². The molecule has 6 aromatic carbocycles. The third kappa shape index (κ3) is 3.65. The van der Waals surface area contributed by atoms with Crippen molar-refractivity contribution in [3.05, 3.63) is 146 Å². The van der Waals surface area contributed by atoms with E-state index in [1.54, 1.807) is 0 Å². The minimum Gasteiger partial charge on any atom is -0.265 e. The maximum Gasteiger partial charge on any atom is 0.0346 e. The van der Waals surface area contributed by atoms with E-state index < -0.39 is 0 Å². The fourth-order valence-electron chi connectivity index (χ4n) is 6.07. The van der Waals surface area contributed by atoms with Crippen molar-refractivity contribution in [1.29, 1.82) is 0 Å². The quantitative estimate of drug-likeness (QED) is 0.221. The van der Waals surface area contributed by atoms with Gasteiger partial charge in [-0.15, -0.1) is 0 Å². The van der Waals surface area contributed by atoms with Crippen molar-refractivity contribution in [3.63, 3.8) is 0 Å². The summed E-state index contributed by atoms with van der Waals surface area (Å²) in [5.74, 6) is 0. The van der Waals surface area contributed by atoms with Gasteiger partial charge in [-0.3, -0.25) is 9.97 Å². The summed E-state index contributed by atoms with van der Waals surface area (Å²) in [5, 5.41) is 7.74. The Bertz CT molecular complexity index is 2110. The van der Waals surface area contributed by atoms with Crippen LogP contribution in [-0.4, -0.2) is 9.97 Å². The fourth-order valence-corrected chi connectivity index (χ4v) is 6.07. The Morgan fingerprint density at radius 2 is 0.800 bits per heavy atom. The zero-order chi connectivity index (χ0) is 26.5. The molecule has 0 saturated carbocycles. The van der Waals surface area contributed by atoms with Gasteiger partial charge in [-0.25, -0.2) is 0 Å². The maximum atomic E-state index is 4.37.